The van der Waals surface area contributed by atoms with Crippen molar-refractivity contribution < 1.29 is 9.90 Å². The number of phenolic OH excluding ortho intramolecular Hbond substituents is 1. The lowest BCUT2D eigenvalue weighted by Crippen LogP contribution is -2.12. The number of aryl methyl sites for hydroxylation is 2. The summed E-state index contributed by atoms with van der Waals surface area (Å²) >= 11 is 5.92. The molecule has 0 bridgehead atoms. The van der Waals surface area contributed by atoms with Crippen molar-refractivity contribution in [3.63, 3.8) is 0 Å². The van der Waals surface area contributed by atoms with Gasteiger partial charge in [-0.15, -0.1) is 0 Å². The van der Waals surface area contributed by atoms with Gasteiger partial charge in [0.05, 0.1) is 0 Å². The van der Waals surface area contributed by atoms with E-state index in [0.29, 0.717) is 16.3 Å². The minimum atomic E-state index is -0.256. The fourth-order valence-electron chi connectivity index (χ4n) is 1.76. The van der Waals surface area contributed by atoms with Crippen LogP contribution < -0.4 is 5.32 Å². The zero-order valence-corrected chi connectivity index (χ0v) is 11.5. The molecule has 4 heteroatoms. The molecule has 0 spiro atoms. The highest BCUT2D eigenvalue weighted by atomic mass is 35.5. The first-order valence-corrected chi connectivity index (χ1v) is 6.21. The van der Waals surface area contributed by atoms with Gasteiger partial charge in [-0.2, -0.15) is 0 Å². The molecule has 0 radical (unpaired) electrons. The third kappa shape index (κ3) is 3.26. The molecule has 2 aromatic carbocycles. The quantitative estimate of drug-likeness (QED) is 0.873. The van der Waals surface area contributed by atoms with Gasteiger partial charge in [-0.25, -0.2) is 0 Å². The second-order valence-corrected chi connectivity index (χ2v) is 4.91. The zero-order chi connectivity index (χ0) is 14.0. The molecule has 0 aliphatic heterocycles. The molecule has 0 saturated carbocycles. The van der Waals surface area contributed by atoms with E-state index in [4.69, 9.17) is 11.6 Å². The summed E-state index contributed by atoms with van der Waals surface area (Å²) in [5.41, 5.74) is 2.72. The second kappa shape index (κ2) is 5.33. The molecule has 2 N–H and O–H groups in total. The monoisotopic (exact) mass is 275 g/mol. The highest BCUT2D eigenvalue weighted by Crippen LogP contribution is 2.22. The molecule has 1 amide bonds. The molecule has 0 aliphatic carbocycles. The molecular weight excluding hydrogens is 262 g/mol. The highest BCUT2D eigenvalue weighted by Gasteiger charge is 2.08. The van der Waals surface area contributed by atoms with Gasteiger partial charge in [0.15, 0.2) is 0 Å². The van der Waals surface area contributed by atoms with E-state index in [-0.39, 0.29) is 11.7 Å². The Bertz CT molecular complexity index is 618. The van der Waals surface area contributed by atoms with Crippen molar-refractivity contribution in [2.24, 2.45) is 0 Å². The van der Waals surface area contributed by atoms with E-state index in [0.717, 1.165) is 11.1 Å². The summed E-state index contributed by atoms with van der Waals surface area (Å²) in [5.74, 6) is -0.103. The summed E-state index contributed by atoms with van der Waals surface area (Å²) in [6, 6.07) is 10.2. The lowest BCUT2D eigenvalue weighted by Gasteiger charge is -2.08. The van der Waals surface area contributed by atoms with E-state index in [1.54, 1.807) is 37.3 Å². The number of amides is 1. The van der Waals surface area contributed by atoms with E-state index < -0.39 is 0 Å². The first-order chi connectivity index (χ1) is 8.95. The van der Waals surface area contributed by atoms with Crippen LogP contribution in [0.15, 0.2) is 36.4 Å². The molecule has 0 atom stereocenters. The van der Waals surface area contributed by atoms with Gasteiger partial charge in [-0.05, 0) is 49.2 Å². The maximum absolute atomic E-state index is 12.1. The molecule has 3 nitrogen and oxygen atoms in total. The lowest BCUT2D eigenvalue weighted by molar-refractivity contribution is 0.102. The van der Waals surface area contributed by atoms with E-state index in [1.165, 1.54) is 6.07 Å². The number of halogens is 1. The predicted octanol–water partition coefficient (Wildman–Crippen LogP) is 3.91. The van der Waals surface area contributed by atoms with Crippen molar-refractivity contribution in [1.82, 2.24) is 0 Å². The summed E-state index contributed by atoms with van der Waals surface area (Å²) < 4.78 is 0. The fourth-order valence-corrected chi connectivity index (χ4v) is 2.05. The maximum atomic E-state index is 12.1. The van der Waals surface area contributed by atoms with Crippen LogP contribution in [0.3, 0.4) is 0 Å². The van der Waals surface area contributed by atoms with Crippen LogP contribution in [-0.2, 0) is 0 Å². The van der Waals surface area contributed by atoms with Crippen LogP contribution in [0.5, 0.6) is 5.75 Å². The van der Waals surface area contributed by atoms with Gasteiger partial charge < -0.3 is 10.4 Å². The van der Waals surface area contributed by atoms with Crippen molar-refractivity contribution in [3.05, 3.63) is 58.1 Å². The molecule has 0 aromatic heterocycles. The Morgan fingerprint density at radius 2 is 1.89 bits per heavy atom. The smallest absolute Gasteiger partial charge is 0.255 e. The van der Waals surface area contributed by atoms with E-state index >= 15 is 0 Å². The lowest BCUT2D eigenvalue weighted by atomic mass is 10.1. The average Bonchev–Trinajstić information content (AvgIpc) is 2.32. The molecule has 0 unspecified atom stereocenters. The Morgan fingerprint density at radius 3 is 2.53 bits per heavy atom. The van der Waals surface area contributed by atoms with Gasteiger partial charge in [0.25, 0.3) is 5.91 Å². The minimum Gasteiger partial charge on any atom is -0.508 e. The summed E-state index contributed by atoms with van der Waals surface area (Å²) in [5, 5.41) is 12.8. The van der Waals surface area contributed by atoms with Crippen LogP contribution in [-0.4, -0.2) is 11.0 Å². The standard InChI is InChI=1S/C15H14ClNO2/c1-9-5-11(7-12(16)6-9)15(19)17-13-4-3-10(2)14(18)8-13/h3-8,18H,1-2H3,(H,17,19). The number of benzene rings is 2. The molecule has 2 rings (SSSR count). The Morgan fingerprint density at radius 1 is 1.16 bits per heavy atom. The predicted molar refractivity (Wildman–Crippen MR) is 77.0 cm³/mol. The fraction of sp³-hybridized carbons (Fsp3) is 0.133. The minimum absolute atomic E-state index is 0.153. The number of aromatic hydroxyl groups is 1. The Labute approximate surface area is 116 Å². The van der Waals surface area contributed by atoms with Gasteiger partial charge in [0, 0.05) is 22.3 Å². The van der Waals surface area contributed by atoms with Crippen LogP contribution in [0.2, 0.25) is 5.02 Å². The third-order valence-corrected chi connectivity index (χ3v) is 2.99. The summed E-state index contributed by atoms with van der Waals surface area (Å²) in [7, 11) is 0. The maximum Gasteiger partial charge on any atom is 0.255 e. The van der Waals surface area contributed by atoms with Crippen molar-refractivity contribution >= 4 is 23.2 Å². The number of anilines is 1. The summed E-state index contributed by atoms with van der Waals surface area (Å²) in [6.07, 6.45) is 0. The molecule has 0 fully saturated rings. The number of carbonyl (C=O) groups is 1. The van der Waals surface area contributed by atoms with Crippen molar-refractivity contribution in [3.8, 4) is 5.75 Å². The normalized spacial score (nSPS) is 10.3. The Balaban J connectivity index is 2.22. The first-order valence-electron chi connectivity index (χ1n) is 5.84. The summed E-state index contributed by atoms with van der Waals surface area (Å²) in [6.45, 7) is 3.67. The topological polar surface area (TPSA) is 49.3 Å². The van der Waals surface area contributed by atoms with E-state index in [2.05, 4.69) is 5.32 Å². The largest absolute Gasteiger partial charge is 0.508 e. The summed E-state index contributed by atoms with van der Waals surface area (Å²) in [4.78, 5) is 12.1. The van der Waals surface area contributed by atoms with Crippen molar-refractivity contribution in [2.45, 2.75) is 13.8 Å². The van der Waals surface area contributed by atoms with E-state index in [9.17, 15) is 9.90 Å². The Kier molecular flexibility index (Phi) is 3.76. The average molecular weight is 276 g/mol. The van der Waals surface area contributed by atoms with Gasteiger partial charge >= 0.3 is 0 Å². The van der Waals surface area contributed by atoms with Crippen LogP contribution >= 0.6 is 11.6 Å². The van der Waals surface area contributed by atoms with Crippen LogP contribution in [0.4, 0.5) is 5.69 Å². The van der Waals surface area contributed by atoms with Gasteiger partial charge in [-0.1, -0.05) is 17.7 Å². The Hall–Kier alpha value is -2.00. The first kappa shape index (κ1) is 13.4. The van der Waals surface area contributed by atoms with E-state index in [1.807, 2.05) is 6.92 Å². The SMILES string of the molecule is Cc1cc(Cl)cc(C(=O)Nc2ccc(C)c(O)c2)c1. The number of hydrogen-bond donors (Lipinski definition) is 2. The number of hydrogen-bond acceptors (Lipinski definition) is 2. The van der Waals surface area contributed by atoms with Gasteiger partial charge in [0.1, 0.15) is 5.75 Å². The van der Waals surface area contributed by atoms with Crippen molar-refractivity contribution in [1.29, 1.82) is 0 Å². The number of phenols is 1. The van der Waals surface area contributed by atoms with Crippen molar-refractivity contribution in [2.75, 3.05) is 5.32 Å². The second-order valence-electron chi connectivity index (χ2n) is 4.47. The number of carbonyl (C=O) groups excluding carboxylic acids is 1. The molecular formula is C15H14ClNO2. The van der Waals surface area contributed by atoms with Crippen LogP contribution in [0.25, 0.3) is 0 Å². The molecule has 0 heterocycles. The van der Waals surface area contributed by atoms with Gasteiger partial charge in [-0.3, -0.25) is 4.79 Å². The van der Waals surface area contributed by atoms with Crippen LogP contribution in [0.1, 0.15) is 21.5 Å². The third-order valence-electron chi connectivity index (χ3n) is 2.77. The zero-order valence-electron chi connectivity index (χ0n) is 10.7. The highest BCUT2D eigenvalue weighted by molar-refractivity contribution is 6.31. The number of nitrogens with one attached hydrogen (secondary N) is 1. The molecule has 2 aromatic rings. The molecule has 19 heavy (non-hydrogen) atoms. The van der Waals surface area contributed by atoms with Gasteiger partial charge in [0.2, 0.25) is 0 Å². The molecule has 0 aliphatic rings. The molecule has 98 valence electrons. The molecule has 0 saturated heterocycles. The number of rotatable bonds is 2. The van der Waals surface area contributed by atoms with Crippen LogP contribution in [0, 0.1) is 13.8 Å².